The van der Waals surface area contributed by atoms with Gasteiger partial charge in [-0.05, 0) is 49.1 Å². The third-order valence-electron chi connectivity index (χ3n) is 4.33. The highest BCUT2D eigenvalue weighted by Crippen LogP contribution is 2.24. The van der Waals surface area contributed by atoms with Gasteiger partial charge in [-0.1, -0.05) is 12.1 Å². The lowest BCUT2D eigenvalue weighted by Crippen LogP contribution is -2.18. The van der Waals surface area contributed by atoms with E-state index in [0.717, 1.165) is 41.7 Å². The average Bonchev–Trinajstić information content (AvgIpc) is 3.03. The minimum absolute atomic E-state index is 0.117. The number of hydrogen-bond donors (Lipinski definition) is 0. The Bertz CT molecular complexity index is 913. The summed E-state index contributed by atoms with van der Waals surface area (Å²) in [5.41, 5.74) is 3.85. The molecule has 110 valence electrons. The maximum atomic E-state index is 13.1. The lowest BCUT2D eigenvalue weighted by molar-refractivity contribution is 0.626. The zero-order chi connectivity index (χ0) is 15.1. The Balaban J connectivity index is 1.95. The minimum Gasteiger partial charge on any atom is -0.325 e. The Morgan fingerprint density at radius 3 is 2.77 bits per heavy atom. The molecule has 4 rings (SSSR count). The summed E-state index contributed by atoms with van der Waals surface area (Å²) in [4.78, 5) is 17.0. The molecule has 1 aromatic carbocycles. The van der Waals surface area contributed by atoms with E-state index in [1.54, 1.807) is 24.4 Å². The monoisotopic (exact) mass is 294 g/mol. The smallest absolute Gasteiger partial charge is 0.194 e. The lowest BCUT2D eigenvalue weighted by Gasteiger charge is -2.16. The topological polar surface area (TPSA) is 34.9 Å². The first-order valence-corrected chi connectivity index (χ1v) is 7.48. The van der Waals surface area contributed by atoms with Crippen LogP contribution in [0.2, 0.25) is 0 Å². The molecule has 0 spiro atoms. The molecule has 0 bridgehead atoms. The van der Waals surface area contributed by atoms with Crippen molar-refractivity contribution in [3.8, 4) is 0 Å². The fraction of sp³-hybridized carbons (Fsp3) is 0.222. The second-order valence-corrected chi connectivity index (χ2v) is 5.70. The summed E-state index contributed by atoms with van der Waals surface area (Å²) < 4.78 is 15.2. The molecule has 1 aliphatic carbocycles. The molecule has 22 heavy (non-hydrogen) atoms. The zero-order valence-corrected chi connectivity index (χ0v) is 12.1. The molecule has 3 nitrogen and oxygen atoms in total. The third kappa shape index (κ3) is 2.03. The van der Waals surface area contributed by atoms with Gasteiger partial charge in [0.25, 0.3) is 0 Å². The number of pyridine rings is 2. The normalized spacial score (nSPS) is 13.5. The molecule has 2 heterocycles. The number of nitrogens with zero attached hydrogens (tertiary/aromatic N) is 2. The van der Waals surface area contributed by atoms with Crippen molar-refractivity contribution in [1.29, 1.82) is 0 Å². The van der Waals surface area contributed by atoms with Crippen molar-refractivity contribution in [2.24, 2.45) is 0 Å². The fourth-order valence-electron chi connectivity index (χ4n) is 3.29. The van der Waals surface area contributed by atoms with Gasteiger partial charge in [0.2, 0.25) is 0 Å². The summed E-state index contributed by atoms with van der Waals surface area (Å²) in [6, 6.07) is 10.1. The molecule has 0 radical (unpaired) electrons. The summed E-state index contributed by atoms with van der Waals surface area (Å²) in [5.74, 6) is -0.239. The fourth-order valence-corrected chi connectivity index (χ4v) is 3.29. The van der Waals surface area contributed by atoms with E-state index in [1.165, 1.54) is 12.1 Å². The summed E-state index contributed by atoms with van der Waals surface area (Å²) >= 11 is 0. The Hall–Kier alpha value is -2.49. The van der Waals surface area contributed by atoms with Gasteiger partial charge < -0.3 is 4.57 Å². The molecular weight excluding hydrogens is 279 g/mol. The highest BCUT2D eigenvalue weighted by Gasteiger charge is 2.21. The first-order valence-electron chi connectivity index (χ1n) is 7.48. The van der Waals surface area contributed by atoms with E-state index >= 15 is 0 Å². The zero-order valence-electron chi connectivity index (χ0n) is 12.1. The molecule has 0 fully saturated rings. The number of halogens is 1. The molecule has 0 atom stereocenters. The maximum absolute atomic E-state index is 13.1. The molecule has 1 aliphatic rings. The first kappa shape index (κ1) is 13.2. The van der Waals surface area contributed by atoms with Crippen LogP contribution in [0.3, 0.4) is 0 Å². The Labute approximate surface area is 127 Å². The van der Waals surface area contributed by atoms with Gasteiger partial charge in [-0.3, -0.25) is 4.79 Å². The van der Waals surface area contributed by atoms with Crippen LogP contribution in [0, 0.1) is 5.82 Å². The minimum atomic E-state index is -0.239. The van der Waals surface area contributed by atoms with Gasteiger partial charge >= 0.3 is 0 Å². The van der Waals surface area contributed by atoms with Crippen molar-refractivity contribution in [1.82, 2.24) is 9.55 Å². The molecule has 3 aromatic rings. The van der Waals surface area contributed by atoms with Crippen molar-refractivity contribution in [3.05, 3.63) is 75.5 Å². The number of rotatable bonds is 2. The molecule has 0 saturated heterocycles. The second kappa shape index (κ2) is 5.05. The van der Waals surface area contributed by atoms with Gasteiger partial charge in [0.15, 0.2) is 5.43 Å². The Morgan fingerprint density at radius 1 is 1.14 bits per heavy atom. The molecule has 0 saturated carbocycles. The van der Waals surface area contributed by atoms with Crippen molar-refractivity contribution >= 4 is 11.0 Å². The standard InChI is InChI=1S/C18H15FN2O/c19-13-8-6-12(7-9-13)11-21-16-5-1-3-14(16)17(22)15-4-2-10-20-18(15)21/h2,4,6-10H,1,3,5,11H2. The summed E-state index contributed by atoms with van der Waals surface area (Å²) in [6.45, 7) is 0.608. The van der Waals surface area contributed by atoms with Gasteiger partial charge in [0, 0.05) is 24.0 Å². The molecule has 0 N–H and O–H groups in total. The van der Waals surface area contributed by atoms with Crippen LogP contribution in [0.15, 0.2) is 47.4 Å². The van der Waals surface area contributed by atoms with E-state index in [2.05, 4.69) is 9.55 Å². The SMILES string of the molecule is O=c1c2c(n(Cc3ccc(F)cc3)c3ncccc13)CCC2. The largest absolute Gasteiger partial charge is 0.325 e. The number of fused-ring (bicyclic) bond motifs is 2. The average molecular weight is 294 g/mol. The highest BCUT2D eigenvalue weighted by atomic mass is 19.1. The van der Waals surface area contributed by atoms with E-state index in [0.29, 0.717) is 11.9 Å². The van der Waals surface area contributed by atoms with E-state index in [4.69, 9.17) is 0 Å². The van der Waals surface area contributed by atoms with Crippen molar-refractivity contribution in [3.63, 3.8) is 0 Å². The van der Waals surface area contributed by atoms with Gasteiger partial charge in [0.05, 0.1) is 5.39 Å². The predicted molar refractivity (Wildman–Crippen MR) is 83.5 cm³/mol. The van der Waals surface area contributed by atoms with Crippen LogP contribution < -0.4 is 5.43 Å². The number of aromatic nitrogens is 2. The van der Waals surface area contributed by atoms with E-state index in [-0.39, 0.29) is 11.2 Å². The van der Waals surface area contributed by atoms with Crippen LogP contribution in [0.25, 0.3) is 11.0 Å². The van der Waals surface area contributed by atoms with E-state index < -0.39 is 0 Å². The van der Waals surface area contributed by atoms with Gasteiger partial charge in [0.1, 0.15) is 11.5 Å². The van der Waals surface area contributed by atoms with Crippen molar-refractivity contribution in [2.75, 3.05) is 0 Å². The molecule has 2 aromatic heterocycles. The van der Waals surface area contributed by atoms with Crippen LogP contribution in [0.1, 0.15) is 23.2 Å². The van der Waals surface area contributed by atoms with Gasteiger partial charge in [-0.25, -0.2) is 9.37 Å². The van der Waals surface area contributed by atoms with Crippen LogP contribution >= 0.6 is 0 Å². The van der Waals surface area contributed by atoms with E-state index in [1.807, 2.05) is 6.07 Å². The summed E-state index contributed by atoms with van der Waals surface area (Å²) in [5, 5.41) is 0.672. The highest BCUT2D eigenvalue weighted by molar-refractivity contribution is 5.76. The molecule has 0 aliphatic heterocycles. The van der Waals surface area contributed by atoms with Gasteiger partial charge in [-0.2, -0.15) is 0 Å². The van der Waals surface area contributed by atoms with Crippen LogP contribution in [0.4, 0.5) is 4.39 Å². The van der Waals surface area contributed by atoms with Crippen LogP contribution in [-0.2, 0) is 19.4 Å². The quantitative estimate of drug-likeness (QED) is 0.728. The van der Waals surface area contributed by atoms with Crippen molar-refractivity contribution < 1.29 is 4.39 Å². The van der Waals surface area contributed by atoms with Crippen molar-refractivity contribution in [2.45, 2.75) is 25.8 Å². The Morgan fingerprint density at radius 2 is 1.95 bits per heavy atom. The predicted octanol–water partition coefficient (Wildman–Crippen LogP) is 3.07. The maximum Gasteiger partial charge on any atom is 0.194 e. The Kier molecular flexibility index (Phi) is 3.03. The lowest BCUT2D eigenvalue weighted by atomic mass is 10.1. The van der Waals surface area contributed by atoms with Crippen LogP contribution in [0.5, 0.6) is 0 Å². The summed E-state index contributed by atoms with van der Waals surface area (Å²) in [6.07, 6.45) is 4.45. The molecule has 4 heteroatoms. The van der Waals surface area contributed by atoms with E-state index in [9.17, 15) is 9.18 Å². The number of benzene rings is 1. The van der Waals surface area contributed by atoms with Crippen LogP contribution in [-0.4, -0.2) is 9.55 Å². The summed E-state index contributed by atoms with van der Waals surface area (Å²) in [7, 11) is 0. The molecular formula is C18H15FN2O. The third-order valence-corrected chi connectivity index (χ3v) is 4.33. The molecule has 0 amide bonds. The molecule has 0 unspecified atom stereocenters. The first-order chi connectivity index (χ1) is 10.7. The number of hydrogen-bond acceptors (Lipinski definition) is 2. The van der Waals surface area contributed by atoms with Gasteiger partial charge in [-0.15, -0.1) is 0 Å². The second-order valence-electron chi connectivity index (χ2n) is 5.70.